The summed E-state index contributed by atoms with van der Waals surface area (Å²) in [6.07, 6.45) is 4.21. The van der Waals surface area contributed by atoms with Crippen molar-refractivity contribution in [3.63, 3.8) is 0 Å². The van der Waals surface area contributed by atoms with Crippen molar-refractivity contribution in [2.24, 2.45) is 0 Å². The van der Waals surface area contributed by atoms with Gasteiger partial charge >= 0.3 is 6.09 Å². The highest BCUT2D eigenvalue weighted by Crippen LogP contribution is 2.45. The number of hydrogen-bond acceptors (Lipinski definition) is 2. The predicted molar refractivity (Wildman–Crippen MR) is 127 cm³/mol. The number of rotatable bonds is 3. The average Bonchev–Trinajstić information content (AvgIpc) is 3.19. The molecular formula is C29H24F3NO2. The lowest BCUT2D eigenvalue weighted by molar-refractivity contribution is 0.0538. The normalized spacial score (nSPS) is 20.8. The standard InChI is InChI=1S/C29H24F3NO2/c30-26-13-12-20(27(31)28(26)32)17-14-18-6-5-7-19(15-17)33(18)29(34)35-16-25-23-10-3-1-8-21(23)22-9-2-4-11-24(22)25/h1-4,8-14,18-19,25H,5-7,15-16H2. The second-order valence-corrected chi connectivity index (χ2v) is 9.48. The fourth-order valence-electron chi connectivity index (χ4n) is 5.96. The van der Waals surface area contributed by atoms with Gasteiger partial charge in [0.2, 0.25) is 0 Å². The summed E-state index contributed by atoms with van der Waals surface area (Å²) in [6.45, 7) is 0.233. The van der Waals surface area contributed by atoms with Gasteiger partial charge < -0.3 is 4.74 Å². The van der Waals surface area contributed by atoms with Gasteiger partial charge in [-0.3, -0.25) is 4.90 Å². The molecule has 2 bridgehead atoms. The third-order valence-electron chi connectivity index (χ3n) is 7.57. The first-order valence-corrected chi connectivity index (χ1v) is 12.0. The summed E-state index contributed by atoms with van der Waals surface area (Å²) in [5.74, 6) is -3.88. The van der Waals surface area contributed by atoms with Gasteiger partial charge in [-0.1, -0.05) is 54.6 Å². The SMILES string of the molecule is O=C(OCC1c2ccccc2-c2ccccc21)N1C2C=C(c3ccc(F)c(F)c3F)CC1CCC2. The summed E-state index contributed by atoms with van der Waals surface area (Å²) in [5.41, 5.74) is 5.31. The van der Waals surface area contributed by atoms with Crippen LogP contribution in [0.25, 0.3) is 16.7 Å². The lowest BCUT2D eigenvalue weighted by Crippen LogP contribution is -2.52. The number of fused-ring (bicyclic) bond motifs is 5. The molecule has 2 unspecified atom stereocenters. The number of carbonyl (C=O) groups excluding carboxylic acids is 1. The van der Waals surface area contributed by atoms with E-state index in [4.69, 9.17) is 4.74 Å². The van der Waals surface area contributed by atoms with E-state index in [1.807, 2.05) is 30.3 Å². The van der Waals surface area contributed by atoms with E-state index in [0.29, 0.717) is 12.0 Å². The molecule has 0 saturated carbocycles. The number of ether oxygens (including phenoxy) is 1. The molecule has 0 aromatic heterocycles. The topological polar surface area (TPSA) is 29.5 Å². The van der Waals surface area contributed by atoms with Crippen molar-refractivity contribution in [3.8, 4) is 11.1 Å². The quantitative estimate of drug-likeness (QED) is 0.380. The van der Waals surface area contributed by atoms with E-state index >= 15 is 0 Å². The zero-order valence-electron chi connectivity index (χ0n) is 19.0. The first-order chi connectivity index (χ1) is 17.0. The molecule has 1 aliphatic carbocycles. The Morgan fingerprint density at radius 1 is 0.857 bits per heavy atom. The Labute approximate surface area is 201 Å². The van der Waals surface area contributed by atoms with E-state index in [-0.39, 0.29) is 36.3 Å². The molecular weight excluding hydrogens is 451 g/mol. The molecule has 178 valence electrons. The number of piperidine rings is 1. The third kappa shape index (κ3) is 3.63. The summed E-state index contributed by atoms with van der Waals surface area (Å²) >= 11 is 0. The van der Waals surface area contributed by atoms with Gasteiger partial charge in [-0.15, -0.1) is 0 Å². The minimum atomic E-state index is -1.47. The monoisotopic (exact) mass is 475 g/mol. The number of carbonyl (C=O) groups is 1. The van der Waals surface area contributed by atoms with Crippen molar-refractivity contribution in [1.82, 2.24) is 4.90 Å². The van der Waals surface area contributed by atoms with Crippen molar-refractivity contribution < 1.29 is 22.7 Å². The molecule has 6 heteroatoms. The highest BCUT2D eigenvalue weighted by Gasteiger charge is 2.39. The molecule has 3 aromatic rings. The third-order valence-corrected chi connectivity index (χ3v) is 7.57. The maximum Gasteiger partial charge on any atom is 0.410 e. The number of halogens is 3. The first kappa shape index (κ1) is 22.0. The van der Waals surface area contributed by atoms with Crippen molar-refractivity contribution >= 4 is 11.7 Å². The maximum absolute atomic E-state index is 14.5. The van der Waals surface area contributed by atoms with E-state index in [9.17, 15) is 18.0 Å². The molecule has 2 atom stereocenters. The molecule has 0 N–H and O–H groups in total. The molecule has 6 rings (SSSR count). The maximum atomic E-state index is 14.5. The summed E-state index contributed by atoms with van der Waals surface area (Å²) in [6, 6.07) is 18.2. The zero-order valence-corrected chi connectivity index (χ0v) is 19.0. The highest BCUT2D eigenvalue weighted by atomic mass is 19.2. The van der Waals surface area contributed by atoms with Crippen LogP contribution in [0.4, 0.5) is 18.0 Å². The van der Waals surface area contributed by atoms with Crippen LogP contribution in [0.1, 0.15) is 48.3 Å². The van der Waals surface area contributed by atoms with Crippen LogP contribution in [0.5, 0.6) is 0 Å². The molecule has 1 amide bonds. The molecule has 1 fully saturated rings. The smallest absolute Gasteiger partial charge is 0.410 e. The van der Waals surface area contributed by atoms with Crippen LogP contribution in [-0.4, -0.2) is 29.7 Å². The van der Waals surface area contributed by atoms with Gasteiger partial charge in [-0.05, 0) is 65.6 Å². The Bertz CT molecular complexity index is 1310. The van der Waals surface area contributed by atoms with Crippen LogP contribution in [0.15, 0.2) is 66.7 Å². The van der Waals surface area contributed by atoms with Crippen LogP contribution in [-0.2, 0) is 4.74 Å². The molecule has 2 heterocycles. The van der Waals surface area contributed by atoms with Crippen LogP contribution in [0.2, 0.25) is 0 Å². The minimum Gasteiger partial charge on any atom is -0.448 e. The van der Waals surface area contributed by atoms with Crippen molar-refractivity contribution in [2.45, 2.75) is 43.7 Å². The van der Waals surface area contributed by atoms with Gasteiger partial charge in [0.1, 0.15) is 6.61 Å². The van der Waals surface area contributed by atoms with Crippen molar-refractivity contribution in [2.75, 3.05) is 6.61 Å². The molecule has 0 radical (unpaired) electrons. The minimum absolute atomic E-state index is 0.0293. The van der Waals surface area contributed by atoms with Crippen molar-refractivity contribution in [3.05, 3.63) is 101 Å². The van der Waals surface area contributed by atoms with E-state index in [1.165, 1.54) is 17.2 Å². The fourth-order valence-corrected chi connectivity index (χ4v) is 5.96. The second kappa shape index (κ2) is 8.59. The molecule has 3 nitrogen and oxygen atoms in total. The summed E-state index contributed by atoms with van der Waals surface area (Å²) in [5, 5.41) is 0. The first-order valence-electron chi connectivity index (χ1n) is 12.0. The Morgan fingerprint density at radius 2 is 1.54 bits per heavy atom. The second-order valence-electron chi connectivity index (χ2n) is 9.48. The molecule has 0 spiro atoms. The van der Waals surface area contributed by atoms with Crippen LogP contribution < -0.4 is 0 Å². The number of nitrogens with zero attached hydrogens (tertiary/aromatic N) is 1. The summed E-state index contributed by atoms with van der Waals surface area (Å²) < 4.78 is 47.6. The molecule has 35 heavy (non-hydrogen) atoms. The number of amides is 1. The molecule has 1 saturated heterocycles. The van der Waals surface area contributed by atoms with Gasteiger partial charge in [-0.25, -0.2) is 18.0 Å². The lowest BCUT2D eigenvalue weighted by Gasteiger charge is -2.44. The summed E-state index contributed by atoms with van der Waals surface area (Å²) in [7, 11) is 0. The summed E-state index contributed by atoms with van der Waals surface area (Å²) in [4.78, 5) is 15.0. The number of hydrogen-bond donors (Lipinski definition) is 0. The van der Waals surface area contributed by atoms with Crippen LogP contribution in [0, 0.1) is 17.5 Å². The van der Waals surface area contributed by atoms with Gasteiger partial charge in [0.05, 0.1) is 6.04 Å². The van der Waals surface area contributed by atoms with Gasteiger partial charge in [0.25, 0.3) is 0 Å². The van der Waals surface area contributed by atoms with E-state index in [0.717, 1.165) is 36.5 Å². The fraction of sp³-hybridized carbons (Fsp3) is 0.276. The van der Waals surface area contributed by atoms with Gasteiger partial charge in [0.15, 0.2) is 17.5 Å². The van der Waals surface area contributed by atoms with E-state index in [2.05, 4.69) is 24.3 Å². The predicted octanol–water partition coefficient (Wildman–Crippen LogP) is 7.06. The largest absolute Gasteiger partial charge is 0.448 e. The van der Waals surface area contributed by atoms with Gasteiger partial charge in [-0.2, -0.15) is 0 Å². The van der Waals surface area contributed by atoms with Crippen LogP contribution >= 0.6 is 0 Å². The highest BCUT2D eigenvalue weighted by molar-refractivity contribution is 5.79. The van der Waals surface area contributed by atoms with Crippen LogP contribution in [0.3, 0.4) is 0 Å². The van der Waals surface area contributed by atoms with E-state index < -0.39 is 17.5 Å². The molecule has 2 aliphatic heterocycles. The average molecular weight is 476 g/mol. The van der Waals surface area contributed by atoms with E-state index in [1.54, 1.807) is 4.90 Å². The van der Waals surface area contributed by atoms with Crippen molar-refractivity contribution in [1.29, 1.82) is 0 Å². The Balaban J connectivity index is 1.23. The number of benzene rings is 3. The Hall–Kier alpha value is -3.54. The lowest BCUT2D eigenvalue weighted by atomic mass is 9.83. The molecule has 3 aliphatic rings. The Morgan fingerprint density at radius 3 is 2.23 bits per heavy atom. The van der Waals surface area contributed by atoms with Gasteiger partial charge in [0, 0.05) is 17.5 Å². The molecule has 3 aromatic carbocycles. The zero-order chi connectivity index (χ0) is 24.1. The Kier molecular flexibility index (Phi) is 5.39.